The molecule has 2 rings (SSSR count). The van der Waals surface area contributed by atoms with E-state index in [9.17, 15) is 14.4 Å². The monoisotopic (exact) mass is 341 g/mol. The lowest BCUT2D eigenvalue weighted by Crippen LogP contribution is -2.36. The van der Waals surface area contributed by atoms with E-state index in [0.717, 1.165) is 24.6 Å². The van der Waals surface area contributed by atoms with E-state index in [1.54, 1.807) is 0 Å². The zero-order chi connectivity index (χ0) is 17.0. The first-order valence-electron chi connectivity index (χ1n) is 7.88. The van der Waals surface area contributed by atoms with Crippen LogP contribution in [0.2, 0.25) is 0 Å². The lowest BCUT2D eigenvalue weighted by Gasteiger charge is -2.36. The van der Waals surface area contributed by atoms with Gasteiger partial charge in [0.1, 0.15) is 6.10 Å². The smallest absolute Gasteiger partial charge is 0.342 e. The highest BCUT2D eigenvalue weighted by atomic mass is 32.2. The molecule has 0 saturated heterocycles. The number of rotatable bonds is 5. The van der Waals surface area contributed by atoms with Crippen LogP contribution in [0.5, 0.6) is 0 Å². The van der Waals surface area contributed by atoms with Crippen molar-refractivity contribution < 1.29 is 9.53 Å². The molecular formula is C15H23N3O4S. The Bertz CT molecular complexity index is 655. The van der Waals surface area contributed by atoms with E-state index in [1.807, 2.05) is 0 Å². The van der Waals surface area contributed by atoms with Gasteiger partial charge in [0.2, 0.25) is 0 Å². The van der Waals surface area contributed by atoms with Gasteiger partial charge in [-0.25, -0.2) is 9.89 Å². The van der Waals surface area contributed by atoms with Crippen LogP contribution in [-0.4, -0.2) is 33.0 Å². The van der Waals surface area contributed by atoms with Crippen molar-refractivity contribution in [2.45, 2.75) is 51.2 Å². The van der Waals surface area contributed by atoms with Gasteiger partial charge in [0, 0.05) is 0 Å². The number of thioether (sulfide) groups is 1. The molecule has 1 aliphatic carbocycles. The average Bonchev–Trinajstić information content (AvgIpc) is 2.46. The normalized spacial score (nSPS) is 24.6. The van der Waals surface area contributed by atoms with Gasteiger partial charge >= 0.3 is 11.7 Å². The Labute approximate surface area is 138 Å². The first-order chi connectivity index (χ1) is 10.9. The molecule has 0 spiro atoms. The molecular weight excluding hydrogens is 318 g/mol. The van der Waals surface area contributed by atoms with Crippen molar-refractivity contribution in [3.63, 3.8) is 0 Å². The molecule has 23 heavy (non-hydrogen) atoms. The van der Waals surface area contributed by atoms with E-state index in [0.29, 0.717) is 17.8 Å². The van der Waals surface area contributed by atoms with E-state index < -0.39 is 11.2 Å². The maximum Gasteiger partial charge on any atom is 0.342 e. The quantitative estimate of drug-likeness (QED) is 0.622. The Balaban J connectivity index is 1.92. The summed E-state index contributed by atoms with van der Waals surface area (Å²) in [6.45, 7) is 6.48. The first kappa shape index (κ1) is 17.8. The van der Waals surface area contributed by atoms with Crippen LogP contribution >= 0.6 is 11.8 Å². The lowest BCUT2D eigenvalue weighted by molar-refractivity contribution is -0.152. The maximum atomic E-state index is 12.1. The van der Waals surface area contributed by atoms with Gasteiger partial charge in [-0.1, -0.05) is 39.0 Å². The second kappa shape index (κ2) is 7.81. The third kappa shape index (κ3) is 4.95. The predicted octanol–water partition coefficient (Wildman–Crippen LogP) is 1.55. The molecule has 1 heterocycles. The molecule has 0 aliphatic heterocycles. The van der Waals surface area contributed by atoms with Crippen molar-refractivity contribution in [2.75, 3.05) is 5.75 Å². The topological polar surface area (TPSA) is 105 Å². The summed E-state index contributed by atoms with van der Waals surface area (Å²) in [5, 5.41) is 5.82. The van der Waals surface area contributed by atoms with Gasteiger partial charge in [0.05, 0.1) is 5.75 Å². The summed E-state index contributed by atoms with van der Waals surface area (Å²) < 4.78 is 5.65. The molecule has 1 aromatic rings. The van der Waals surface area contributed by atoms with Gasteiger partial charge in [-0.15, -0.1) is 0 Å². The molecule has 8 heteroatoms. The maximum absolute atomic E-state index is 12.1. The minimum atomic E-state index is -0.669. The Morgan fingerprint density at radius 1 is 1.39 bits per heavy atom. The third-order valence-corrected chi connectivity index (χ3v) is 5.18. The van der Waals surface area contributed by atoms with Crippen molar-refractivity contribution in [3.8, 4) is 0 Å². The molecule has 1 aliphatic rings. The zero-order valence-electron chi connectivity index (χ0n) is 13.6. The summed E-state index contributed by atoms with van der Waals surface area (Å²) in [5.41, 5.74) is -1.27. The van der Waals surface area contributed by atoms with Crippen molar-refractivity contribution in [2.24, 2.45) is 17.8 Å². The highest BCUT2D eigenvalue weighted by molar-refractivity contribution is 7.99. The molecule has 0 unspecified atom stereocenters. The van der Waals surface area contributed by atoms with Crippen LogP contribution in [-0.2, 0) is 9.53 Å². The fourth-order valence-electron chi connectivity index (χ4n) is 3.02. The van der Waals surface area contributed by atoms with E-state index in [1.165, 1.54) is 6.42 Å². The zero-order valence-corrected chi connectivity index (χ0v) is 14.4. The third-order valence-electron chi connectivity index (χ3n) is 4.25. The van der Waals surface area contributed by atoms with Crippen LogP contribution in [0.1, 0.15) is 40.0 Å². The number of H-pyrrole nitrogens is 2. The van der Waals surface area contributed by atoms with E-state index in [-0.39, 0.29) is 22.9 Å². The number of aromatic nitrogens is 3. The fraction of sp³-hybridized carbons (Fsp3) is 0.733. The lowest BCUT2D eigenvalue weighted by atomic mass is 9.75. The minimum absolute atomic E-state index is 0.00216. The summed E-state index contributed by atoms with van der Waals surface area (Å²) in [6, 6.07) is 0. The molecule has 3 atom stereocenters. The number of carbonyl (C=O) groups is 1. The summed E-state index contributed by atoms with van der Waals surface area (Å²) >= 11 is 0.963. The molecule has 7 nitrogen and oxygen atoms in total. The number of hydrogen-bond donors (Lipinski definition) is 2. The van der Waals surface area contributed by atoms with Gasteiger partial charge in [0.25, 0.3) is 5.56 Å². The van der Waals surface area contributed by atoms with Crippen LogP contribution in [0.15, 0.2) is 14.6 Å². The second-order valence-electron chi connectivity index (χ2n) is 6.46. The van der Waals surface area contributed by atoms with Crippen LogP contribution in [0.3, 0.4) is 0 Å². The van der Waals surface area contributed by atoms with Gasteiger partial charge in [0.15, 0.2) is 5.03 Å². The Morgan fingerprint density at radius 3 is 2.78 bits per heavy atom. The molecule has 0 radical (unpaired) electrons. The molecule has 0 amide bonds. The molecule has 0 aromatic carbocycles. The van der Waals surface area contributed by atoms with Gasteiger partial charge in [-0.3, -0.25) is 14.6 Å². The van der Waals surface area contributed by atoms with Crippen LogP contribution in [0.25, 0.3) is 0 Å². The number of aromatic amines is 2. The fourth-order valence-corrected chi connectivity index (χ4v) is 3.63. The van der Waals surface area contributed by atoms with Gasteiger partial charge < -0.3 is 4.74 Å². The molecule has 0 bridgehead atoms. The predicted molar refractivity (Wildman–Crippen MR) is 87.4 cm³/mol. The first-order valence-corrected chi connectivity index (χ1v) is 8.86. The highest BCUT2D eigenvalue weighted by Gasteiger charge is 2.33. The number of nitrogens with zero attached hydrogens (tertiary/aromatic N) is 1. The summed E-state index contributed by atoms with van der Waals surface area (Å²) in [5.74, 6) is 1.05. The Kier molecular flexibility index (Phi) is 6.04. The largest absolute Gasteiger partial charge is 0.461 e. The molecule has 1 fully saturated rings. The number of nitrogens with one attached hydrogen (secondary N) is 2. The summed E-state index contributed by atoms with van der Waals surface area (Å²) in [4.78, 5) is 36.6. The van der Waals surface area contributed by atoms with Crippen molar-refractivity contribution in [1.29, 1.82) is 0 Å². The summed E-state index contributed by atoms with van der Waals surface area (Å²) in [6.07, 6.45) is 3.07. The van der Waals surface area contributed by atoms with Crippen LogP contribution in [0, 0.1) is 17.8 Å². The SMILES string of the molecule is CC(C)[C@H]1CC[C@@H](C)C[C@H]1OC(=O)CSc1n[nH]c(=O)[nH]c1=O. The number of esters is 1. The van der Waals surface area contributed by atoms with Crippen LogP contribution in [0.4, 0.5) is 0 Å². The Hall–Kier alpha value is -1.57. The standard InChI is InChI=1S/C15H23N3O4S/c1-8(2)10-5-4-9(3)6-11(10)22-12(19)7-23-14-13(20)16-15(21)18-17-14/h8-11H,4-7H2,1-3H3,(H2,16,18,20,21)/t9-,10-,11-/m1/s1. The average molecular weight is 341 g/mol. The molecule has 2 N–H and O–H groups in total. The number of ether oxygens (including phenoxy) is 1. The van der Waals surface area contributed by atoms with E-state index in [2.05, 4.69) is 36.0 Å². The van der Waals surface area contributed by atoms with E-state index >= 15 is 0 Å². The highest BCUT2D eigenvalue weighted by Crippen LogP contribution is 2.35. The molecule has 1 saturated carbocycles. The molecule has 1 aromatic heterocycles. The summed E-state index contributed by atoms with van der Waals surface area (Å²) in [7, 11) is 0. The number of hydrogen-bond acceptors (Lipinski definition) is 6. The number of carbonyl (C=O) groups excluding carboxylic acids is 1. The molecule has 128 valence electrons. The van der Waals surface area contributed by atoms with Crippen molar-refractivity contribution >= 4 is 17.7 Å². The van der Waals surface area contributed by atoms with E-state index in [4.69, 9.17) is 4.74 Å². The van der Waals surface area contributed by atoms with Crippen molar-refractivity contribution in [1.82, 2.24) is 15.2 Å². The van der Waals surface area contributed by atoms with Crippen LogP contribution < -0.4 is 11.2 Å². The van der Waals surface area contributed by atoms with Gasteiger partial charge in [-0.2, -0.15) is 5.10 Å². The van der Waals surface area contributed by atoms with Gasteiger partial charge in [-0.05, 0) is 30.6 Å². The second-order valence-corrected chi connectivity index (χ2v) is 7.42. The Morgan fingerprint density at radius 2 is 2.13 bits per heavy atom. The minimum Gasteiger partial charge on any atom is -0.461 e. The van der Waals surface area contributed by atoms with Crippen molar-refractivity contribution in [3.05, 3.63) is 20.8 Å².